The molecule has 0 saturated carbocycles. The molecular weight excluding hydrogens is 593 g/mol. The summed E-state index contributed by atoms with van der Waals surface area (Å²) in [5, 5.41) is 2.48. The van der Waals surface area contributed by atoms with Gasteiger partial charge in [0.2, 0.25) is 0 Å². The van der Waals surface area contributed by atoms with E-state index >= 15 is 0 Å². The molecule has 2 nitrogen and oxygen atoms in total. The first-order valence-corrected chi connectivity index (χ1v) is 16.9. The summed E-state index contributed by atoms with van der Waals surface area (Å²) in [6, 6.07) is 60.5. The van der Waals surface area contributed by atoms with E-state index in [0.717, 1.165) is 45.0 Å². The van der Waals surface area contributed by atoms with Crippen molar-refractivity contribution in [2.45, 2.75) is 19.3 Å². The molecule has 0 spiro atoms. The van der Waals surface area contributed by atoms with Crippen LogP contribution in [0.25, 0.3) is 78.1 Å². The molecule has 7 aromatic carbocycles. The third-order valence-electron chi connectivity index (χ3n) is 10.0. The van der Waals surface area contributed by atoms with Gasteiger partial charge in [-0.05, 0) is 79.5 Å². The minimum absolute atomic E-state index is 0.171. The van der Waals surface area contributed by atoms with E-state index in [2.05, 4.69) is 184 Å². The minimum Gasteiger partial charge on any atom is -0.228 e. The minimum atomic E-state index is -0.171. The number of fused-ring (bicyclic) bond motifs is 5. The molecule has 0 saturated heterocycles. The van der Waals surface area contributed by atoms with Crippen LogP contribution < -0.4 is 0 Å². The molecule has 0 fully saturated rings. The van der Waals surface area contributed by atoms with Crippen LogP contribution in [0.15, 0.2) is 170 Å². The van der Waals surface area contributed by atoms with E-state index in [4.69, 9.17) is 9.97 Å². The average Bonchev–Trinajstić information content (AvgIpc) is 3.42. The molecule has 8 aromatic rings. The summed E-state index contributed by atoms with van der Waals surface area (Å²) < 4.78 is 0. The molecule has 0 N–H and O–H groups in total. The maximum absolute atomic E-state index is 5.41. The number of nitrogens with zero attached hydrogens (tertiary/aromatic N) is 2. The number of aromatic nitrogens is 2. The van der Waals surface area contributed by atoms with Gasteiger partial charge < -0.3 is 0 Å². The number of rotatable bonds is 5. The third-order valence-corrected chi connectivity index (χ3v) is 10.0. The lowest BCUT2D eigenvalue weighted by molar-refractivity contribution is 0.666. The molecule has 1 heterocycles. The Balaban J connectivity index is 1.32. The number of hydrogen-bond acceptors (Lipinski definition) is 2. The van der Waals surface area contributed by atoms with Gasteiger partial charge in [0.25, 0.3) is 0 Å². The van der Waals surface area contributed by atoms with Gasteiger partial charge in [-0.25, -0.2) is 9.97 Å². The zero-order valence-corrected chi connectivity index (χ0v) is 27.6. The van der Waals surface area contributed by atoms with Crippen molar-refractivity contribution in [2.75, 3.05) is 0 Å². The van der Waals surface area contributed by atoms with Gasteiger partial charge in [-0.3, -0.25) is 0 Å². The first-order chi connectivity index (χ1) is 24.0. The Kier molecular flexibility index (Phi) is 6.84. The van der Waals surface area contributed by atoms with Gasteiger partial charge >= 0.3 is 0 Å². The van der Waals surface area contributed by atoms with E-state index < -0.39 is 0 Å². The van der Waals surface area contributed by atoms with Gasteiger partial charge in [-0.1, -0.05) is 159 Å². The fraction of sp³-hybridized carbons (Fsp3) is 0.0638. The Morgan fingerprint density at radius 2 is 0.918 bits per heavy atom. The largest absolute Gasteiger partial charge is 0.228 e. The van der Waals surface area contributed by atoms with Gasteiger partial charge in [0.05, 0.1) is 11.4 Å². The highest BCUT2D eigenvalue weighted by atomic mass is 14.9. The standard InChI is InChI=1S/C47H34N2/c1-47(2)41-26-12-11-25-39(41)44-40(29-35-19-9-10-24-38(35)45(44)47)46-48-42(36-22-13-20-33(27-36)31-15-5-3-6-16-31)30-43(49-46)37-23-14-21-34(28-37)32-17-7-4-8-18-32/h3-30H,1-2H3. The third kappa shape index (κ3) is 4.96. The van der Waals surface area contributed by atoms with Crippen LogP contribution in [0.5, 0.6) is 0 Å². The van der Waals surface area contributed by atoms with Crippen molar-refractivity contribution in [2.24, 2.45) is 0 Å². The Morgan fingerprint density at radius 1 is 0.408 bits per heavy atom. The molecule has 0 atom stereocenters. The molecule has 0 unspecified atom stereocenters. The summed E-state index contributed by atoms with van der Waals surface area (Å²) in [6.07, 6.45) is 0. The molecule has 1 aliphatic rings. The molecule has 0 bridgehead atoms. The highest BCUT2D eigenvalue weighted by molar-refractivity contribution is 6.04. The zero-order valence-electron chi connectivity index (χ0n) is 27.6. The van der Waals surface area contributed by atoms with Gasteiger partial charge in [-0.2, -0.15) is 0 Å². The van der Waals surface area contributed by atoms with Crippen molar-refractivity contribution in [3.8, 4) is 67.3 Å². The van der Waals surface area contributed by atoms with E-state index in [9.17, 15) is 0 Å². The lowest BCUT2D eigenvalue weighted by Crippen LogP contribution is -2.15. The van der Waals surface area contributed by atoms with Crippen molar-refractivity contribution in [3.05, 3.63) is 181 Å². The number of benzene rings is 7. The second-order valence-corrected chi connectivity index (χ2v) is 13.4. The van der Waals surface area contributed by atoms with E-state index in [1.165, 1.54) is 44.2 Å². The SMILES string of the molecule is CC1(C)c2ccccc2-c2c(-c3nc(-c4cccc(-c5ccccc5)c4)cc(-c4cccc(-c5ccccc5)c4)n3)cc3ccccc3c21. The van der Waals surface area contributed by atoms with Gasteiger partial charge in [-0.15, -0.1) is 0 Å². The van der Waals surface area contributed by atoms with Crippen LogP contribution in [0.3, 0.4) is 0 Å². The second kappa shape index (κ2) is 11.5. The van der Waals surface area contributed by atoms with Crippen LogP contribution in [0, 0.1) is 0 Å². The molecular formula is C47H34N2. The van der Waals surface area contributed by atoms with Crippen LogP contribution >= 0.6 is 0 Å². The lowest BCUT2D eigenvalue weighted by atomic mass is 9.79. The molecule has 9 rings (SSSR count). The summed E-state index contributed by atoms with van der Waals surface area (Å²) in [7, 11) is 0. The monoisotopic (exact) mass is 626 g/mol. The predicted molar refractivity (Wildman–Crippen MR) is 204 cm³/mol. The Bertz CT molecular complexity index is 2410. The second-order valence-electron chi connectivity index (χ2n) is 13.4. The van der Waals surface area contributed by atoms with Crippen molar-refractivity contribution in [1.29, 1.82) is 0 Å². The highest BCUT2D eigenvalue weighted by Gasteiger charge is 2.39. The van der Waals surface area contributed by atoms with Crippen LogP contribution in [0.2, 0.25) is 0 Å². The fourth-order valence-corrected chi connectivity index (χ4v) is 7.67. The highest BCUT2D eigenvalue weighted by Crippen LogP contribution is 2.54. The van der Waals surface area contributed by atoms with Crippen LogP contribution in [0.1, 0.15) is 25.0 Å². The quantitative estimate of drug-likeness (QED) is 0.190. The Labute approximate surface area is 287 Å². The van der Waals surface area contributed by atoms with Crippen LogP contribution in [-0.4, -0.2) is 9.97 Å². The average molecular weight is 627 g/mol. The van der Waals surface area contributed by atoms with E-state index in [-0.39, 0.29) is 5.41 Å². The van der Waals surface area contributed by atoms with Gasteiger partial charge in [0.15, 0.2) is 5.82 Å². The molecule has 2 heteroatoms. The fourth-order valence-electron chi connectivity index (χ4n) is 7.67. The summed E-state index contributed by atoms with van der Waals surface area (Å²) in [5.41, 5.74) is 14.7. The summed E-state index contributed by atoms with van der Waals surface area (Å²) in [6.45, 7) is 4.70. The van der Waals surface area contributed by atoms with Crippen LogP contribution in [-0.2, 0) is 5.41 Å². The zero-order chi connectivity index (χ0) is 33.0. The lowest BCUT2D eigenvalue weighted by Gasteiger charge is -2.24. The van der Waals surface area contributed by atoms with E-state index in [0.29, 0.717) is 0 Å². The van der Waals surface area contributed by atoms with Crippen molar-refractivity contribution >= 4 is 10.8 Å². The molecule has 0 amide bonds. The summed E-state index contributed by atoms with van der Waals surface area (Å²) in [5.74, 6) is 0.734. The maximum Gasteiger partial charge on any atom is 0.161 e. The molecule has 0 radical (unpaired) electrons. The molecule has 1 aliphatic carbocycles. The maximum atomic E-state index is 5.41. The van der Waals surface area contributed by atoms with E-state index in [1.54, 1.807) is 0 Å². The molecule has 232 valence electrons. The summed E-state index contributed by atoms with van der Waals surface area (Å²) >= 11 is 0. The first kappa shape index (κ1) is 29.1. The van der Waals surface area contributed by atoms with Crippen molar-refractivity contribution < 1.29 is 0 Å². The smallest absolute Gasteiger partial charge is 0.161 e. The summed E-state index contributed by atoms with van der Waals surface area (Å²) in [4.78, 5) is 10.8. The van der Waals surface area contributed by atoms with Gasteiger partial charge in [0.1, 0.15) is 0 Å². The molecule has 0 aliphatic heterocycles. The van der Waals surface area contributed by atoms with E-state index in [1.807, 2.05) is 0 Å². The Hall–Kier alpha value is -6.12. The van der Waals surface area contributed by atoms with Crippen molar-refractivity contribution in [3.63, 3.8) is 0 Å². The molecule has 1 aromatic heterocycles. The molecule has 49 heavy (non-hydrogen) atoms. The normalized spacial score (nSPS) is 12.9. The van der Waals surface area contributed by atoms with Gasteiger partial charge in [0, 0.05) is 22.1 Å². The Morgan fingerprint density at radius 3 is 1.55 bits per heavy atom. The topological polar surface area (TPSA) is 25.8 Å². The first-order valence-electron chi connectivity index (χ1n) is 16.9. The predicted octanol–water partition coefficient (Wildman–Crippen LogP) is 12.3. The van der Waals surface area contributed by atoms with Crippen molar-refractivity contribution in [1.82, 2.24) is 9.97 Å². The number of hydrogen-bond donors (Lipinski definition) is 0. The van der Waals surface area contributed by atoms with Crippen LogP contribution in [0.4, 0.5) is 0 Å².